The Morgan fingerprint density at radius 1 is 1.75 bits per heavy atom. The van der Waals surface area contributed by atoms with Gasteiger partial charge in [-0.3, -0.25) is 0 Å². The highest BCUT2D eigenvalue weighted by molar-refractivity contribution is 14.1. The molecule has 1 rings (SSSR count). The molecule has 0 bridgehead atoms. The molecule has 0 amide bonds. The molecule has 0 radical (unpaired) electrons. The zero-order chi connectivity index (χ0) is 5.98. The van der Waals surface area contributed by atoms with E-state index in [2.05, 4.69) is 27.6 Å². The summed E-state index contributed by atoms with van der Waals surface area (Å²) in [4.78, 5) is 3.02. The monoisotopic (exact) mass is 222 g/mol. The minimum atomic E-state index is 0.600. The summed E-state index contributed by atoms with van der Waals surface area (Å²) in [6.45, 7) is 0.600. The van der Waals surface area contributed by atoms with Gasteiger partial charge in [0.15, 0.2) is 0 Å². The maximum Gasteiger partial charge on any atom is 0.0332 e. The largest absolute Gasteiger partial charge is 0.363 e. The summed E-state index contributed by atoms with van der Waals surface area (Å²) < 4.78 is 1.21. The summed E-state index contributed by atoms with van der Waals surface area (Å²) in [5, 5.41) is 0. The van der Waals surface area contributed by atoms with Gasteiger partial charge in [0.2, 0.25) is 0 Å². The Hall–Kier alpha value is -0.0300. The minimum Gasteiger partial charge on any atom is -0.363 e. The van der Waals surface area contributed by atoms with Gasteiger partial charge in [-0.1, -0.05) is 0 Å². The van der Waals surface area contributed by atoms with Crippen molar-refractivity contribution in [2.45, 2.75) is 6.54 Å². The highest BCUT2D eigenvalue weighted by atomic mass is 127. The molecule has 0 aromatic carbocycles. The first-order chi connectivity index (χ1) is 3.83. The van der Waals surface area contributed by atoms with E-state index in [-0.39, 0.29) is 0 Å². The van der Waals surface area contributed by atoms with Gasteiger partial charge in [-0.2, -0.15) is 0 Å². The van der Waals surface area contributed by atoms with Crippen LogP contribution in [0.4, 0.5) is 0 Å². The predicted octanol–water partition coefficient (Wildman–Crippen LogP) is 1.08. The Kier molecular flexibility index (Phi) is 1.90. The third kappa shape index (κ3) is 1.23. The van der Waals surface area contributed by atoms with Crippen molar-refractivity contribution in [3.8, 4) is 0 Å². The first-order valence-corrected chi connectivity index (χ1v) is 3.43. The van der Waals surface area contributed by atoms with Gasteiger partial charge in [0, 0.05) is 22.0 Å². The van der Waals surface area contributed by atoms with Gasteiger partial charge in [0.05, 0.1) is 0 Å². The van der Waals surface area contributed by atoms with Crippen molar-refractivity contribution in [1.29, 1.82) is 0 Å². The van der Waals surface area contributed by atoms with Gasteiger partial charge in [-0.15, -0.1) is 0 Å². The molecule has 0 unspecified atom stereocenters. The first kappa shape index (κ1) is 6.10. The Balaban J connectivity index is 2.84. The lowest BCUT2D eigenvalue weighted by Gasteiger charge is -1.82. The summed E-state index contributed by atoms with van der Waals surface area (Å²) >= 11 is 2.24. The maximum absolute atomic E-state index is 5.33. The highest BCUT2D eigenvalue weighted by Crippen LogP contribution is 2.04. The molecule has 44 valence electrons. The topological polar surface area (TPSA) is 41.8 Å². The lowest BCUT2D eigenvalue weighted by molar-refractivity contribution is 1.01. The molecule has 0 spiro atoms. The summed E-state index contributed by atoms with van der Waals surface area (Å²) in [5.74, 6) is 0. The molecule has 3 heteroatoms. The van der Waals surface area contributed by atoms with E-state index in [0.29, 0.717) is 6.54 Å². The molecular formula is C5H7IN2. The molecule has 0 aliphatic rings. The van der Waals surface area contributed by atoms with Crippen LogP contribution in [-0.2, 0) is 6.54 Å². The zero-order valence-electron chi connectivity index (χ0n) is 4.32. The van der Waals surface area contributed by atoms with Crippen molar-refractivity contribution in [3.63, 3.8) is 0 Å². The number of halogens is 1. The fourth-order valence-corrected chi connectivity index (χ4v) is 1.06. The highest BCUT2D eigenvalue weighted by Gasteiger charge is 1.89. The summed E-state index contributed by atoms with van der Waals surface area (Å²) in [5.41, 5.74) is 6.42. The Morgan fingerprint density at radius 2 is 2.50 bits per heavy atom. The average molecular weight is 222 g/mol. The maximum atomic E-state index is 5.33. The lowest BCUT2D eigenvalue weighted by atomic mass is 10.4. The molecule has 3 N–H and O–H groups in total. The number of H-pyrrole nitrogens is 1. The molecule has 0 saturated carbocycles. The van der Waals surface area contributed by atoms with Crippen LogP contribution in [0.15, 0.2) is 12.3 Å². The second kappa shape index (κ2) is 2.50. The number of nitrogens with two attached hydrogens (primary N) is 1. The zero-order valence-corrected chi connectivity index (χ0v) is 6.47. The number of rotatable bonds is 1. The summed E-state index contributed by atoms with van der Waals surface area (Å²) in [6.07, 6.45) is 1.93. The van der Waals surface area contributed by atoms with Crippen LogP contribution in [0.25, 0.3) is 0 Å². The van der Waals surface area contributed by atoms with E-state index in [4.69, 9.17) is 5.73 Å². The Labute approximate surface area is 61.6 Å². The molecule has 0 fully saturated rings. The van der Waals surface area contributed by atoms with Crippen LogP contribution in [0.3, 0.4) is 0 Å². The third-order valence-electron chi connectivity index (χ3n) is 0.927. The summed E-state index contributed by atoms with van der Waals surface area (Å²) in [6, 6.07) is 2.03. The second-order valence-electron chi connectivity index (χ2n) is 1.55. The van der Waals surface area contributed by atoms with Crippen LogP contribution in [0.5, 0.6) is 0 Å². The Bertz CT molecular complexity index is 171. The molecule has 1 heterocycles. The number of nitrogens with one attached hydrogen (secondary N) is 1. The fraction of sp³-hybridized carbons (Fsp3) is 0.200. The fourth-order valence-electron chi connectivity index (χ4n) is 0.529. The van der Waals surface area contributed by atoms with Crippen molar-refractivity contribution in [2.24, 2.45) is 5.73 Å². The SMILES string of the molecule is NCc1cc(I)c[nH]1. The average Bonchev–Trinajstić information content (AvgIpc) is 2.14. The van der Waals surface area contributed by atoms with Crippen LogP contribution >= 0.6 is 22.6 Å². The van der Waals surface area contributed by atoms with E-state index in [0.717, 1.165) is 5.69 Å². The number of hydrogen-bond donors (Lipinski definition) is 2. The normalized spacial score (nSPS) is 9.75. The molecule has 2 nitrogen and oxygen atoms in total. The minimum absolute atomic E-state index is 0.600. The second-order valence-corrected chi connectivity index (χ2v) is 2.79. The van der Waals surface area contributed by atoms with E-state index < -0.39 is 0 Å². The van der Waals surface area contributed by atoms with E-state index in [1.54, 1.807) is 0 Å². The lowest BCUT2D eigenvalue weighted by Crippen LogP contribution is -1.94. The molecule has 8 heavy (non-hydrogen) atoms. The van der Waals surface area contributed by atoms with Crippen LogP contribution in [-0.4, -0.2) is 4.98 Å². The third-order valence-corrected chi connectivity index (χ3v) is 1.55. The quantitative estimate of drug-likeness (QED) is 0.686. The smallest absolute Gasteiger partial charge is 0.0332 e. The van der Waals surface area contributed by atoms with E-state index in [1.807, 2.05) is 12.3 Å². The number of aromatic amines is 1. The van der Waals surface area contributed by atoms with Crippen molar-refractivity contribution < 1.29 is 0 Å². The first-order valence-electron chi connectivity index (χ1n) is 2.36. The van der Waals surface area contributed by atoms with E-state index in [1.165, 1.54) is 3.57 Å². The van der Waals surface area contributed by atoms with Gasteiger partial charge in [0.1, 0.15) is 0 Å². The van der Waals surface area contributed by atoms with Crippen molar-refractivity contribution >= 4 is 22.6 Å². The van der Waals surface area contributed by atoms with Gasteiger partial charge in [0.25, 0.3) is 0 Å². The molecule has 0 saturated heterocycles. The predicted molar refractivity (Wildman–Crippen MR) is 41.4 cm³/mol. The standard InChI is InChI=1S/C5H7IN2/c6-4-1-5(2-7)8-3-4/h1,3,8H,2,7H2. The molecule has 1 aromatic heterocycles. The number of hydrogen-bond acceptors (Lipinski definition) is 1. The molecule has 0 atom stereocenters. The Morgan fingerprint density at radius 3 is 2.75 bits per heavy atom. The van der Waals surface area contributed by atoms with Gasteiger partial charge in [-0.25, -0.2) is 0 Å². The van der Waals surface area contributed by atoms with E-state index >= 15 is 0 Å². The van der Waals surface area contributed by atoms with Gasteiger partial charge >= 0.3 is 0 Å². The molecular weight excluding hydrogens is 215 g/mol. The van der Waals surface area contributed by atoms with Gasteiger partial charge in [-0.05, 0) is 28.7 Å². The summed E-state index contributed by atoms with van der Waals surface area (Å²) in [7, 11) is 0. The molecule has 1 aromatic rings. The van der Waals surface area contributed by atoms with Crippen LogP contribution in [0.2, 0.25) is 0 Å². The van der Waals surface area contributed by atoms with Crippen LogP contribution in [0, 0.1) is 3.57 Å². The van der Waals surface area contributed by atoms with Crippen molar-refractivity contribution in [1.82, 2.24) is 4.98 Å². The van der Waals surface area contributed by atoms with Crippen molar-refractivity contribution in [3.05, 3.63) is 21.5 Å². The van der Waals surface area contributed by atoms with E-state index in [9.17, 15) is 0 Å². The van der Waals surface area contributed by atoms with Crippen LogP contribution in [0.1, 0.15) is 5.69 Å². The van der Waals surface area contributed by atoms with Crippen molar-refractivity contribution in [2.75, 3.05) is 0 Å². The molecule has 0 aliphatic carbocycles. The van der Waals surface area contributed by atoms with Crippen LogP contribution < -0.4 is 5.73 Å². The number of aromatic nitrogens is 1. The van der Waals surface area contributed by atoms with Gasteiger partial charge < -0.3 is 10.7 Å². The molecule has 0 aliphatic heterocycles.